The summed E-state index contributed by atoms with van der Waals surface area (Å²) in [6, 6.07) is 5.37. The van der Waals surface area contributed by atoms with Crippen LogP contribution in [0.15, 0.2) is 16.6 Å². The second-order valence-corrected chi connectivity index (χ2v) is 4.77. The van der Waals surface area contributed by atoms with Crippen LogP contribution in [0, 0.1) is 11.3 Å². The average Bonchev–Trinajstić information content (AvgIpc) is 2.61. The van der Waals surface area contributed by atoms with Crippen LogP contribution in [0.25, 0.3) is 0 Å². The highest BCUT2D eigenvalue weighted by Crippen LogP contribution is 2.38. The van der Waals surface area contributed by atoms with Crippen LogP contribution in [-0.4, -0.2) is 19.0 Å². The molecule has 1 aromatic rings. The van der Waals surface area contributed by atoms with E-state index in [1.54, 1.807) is 12.1 Å². The molecule has 0 amide bonds. The molecule has 94 valence electrons. The lowest BCUT2D eigenvalue weighted by Crippen LogP contribution is -2.01. The number of hydrogen-bond acceptors (Lipinski definition) is 4. The quantitative estimate of drug-likeness (QED) is 0.805. The van der Waals surface area contributed by atoms with Gasteiger partial charge in [0.2, 0.25) is 0 Å². The number of nitriles is 1. The van der Waals surface area contributed by atoms with Crippen LogP contribution in [0.5, 0.6) is 11.5 Å². The molecule has 0 radical (unpaired) electrons. The lowest BCUT2D eigenvalue weighted by Gasteiger charge is -2.11. The highest BCUT2D eigenvalue weighted by atomic mass is 79.9. The number of ketones is 1. The van der Waals surface area contributed by atoms with Gasteiger partial charge in [0.05, 0.1) is 23.8 Å². The first-order valence-corrected chi connectivity index (χ1v) is 6.51. The minimum Gasteiger partial charge on any atom is -0.489 e. The molecule has 5 heteroatoms. The Labute approximate surface area is 114 Å². The van der Waals surface area contributed by atoms with Gasteiger partial charge in [0.25, 0.3) is 0 Å². The number of carbonyl (C=O) groups excluding carboxylic acids is 1. The summed E-state index contributed by atoms with van der Waals surface area (Å²) in [5.74, 6) is 1.17. The van der Waals surface area contributed by atoms with Crippen molar-refractivity contribution < 1.29 is 14.3 Å². The van der Waals surface area contributed by atoms with Crippen LogP contribution in [0.4, 0.5) is 0 Å². The second-order valence-electron chi connectivity index (χ2n) is 3.92. The van der Waals surface area contributed by atoms with Gasteiger partial charge in [0.15, 0.2) is 17.3 Å². The van der Waals surface area contributed by atoms with Gasteiger partial charge in [-0.2, -0.15) is 5.26 Å². The molecule has 0 aromatic heterocycles. The van der Waals surface area contributed by atoms with Crippen molar-refractivity contribution in [2.45, 2.75) is 19.3 Å². The van der Waals surface area contributed by atoms with E-state index in [4.69, 9.17) is 14.7 Å². The van der Waals surface area contributed by atoms with Crippen molar-refractivity contribution in [2.24, 2.45) is 0 Å². The molecule has 4 nitrogen and oxygen atoms in total. The smallest absolute Gasteiger partial charge is 0.175 e. The number of fused-ring (bicyclic) bond motifs is 1. The highest BCUT2D eigenvalue weighted by molar-refractivity contribution is 9.10. The molecule has 0 spiro atoms. The summed E-state index contributed by atoms with van der Waals surface area (Å²) in [6.07, 6.45) is 1.27. The molecule has 0 saturated heterocycles. The molecule has 0 saturated carbocycles. The van der Waals surface area contributed by atoms with E-state index >= 15 is 0 Å². The Hall–Kier alpha value is -1.54. The number of rotatable bonds is 3. The van der Waals surface area contributed by atoms with Crippen LogP contribution in [0.1, 0.15) is 29.6 Å². The van der Waals surface area contributed by atoms with Crippen molar-refractivity contribution in [3.8, 4) is 17.6 Å². The van der Waals surface area contributed by atoms with Crippen molar-refractivity contribution in [1.82, 2.24) is 0 Å². The van der Waals surface area contributed by atoms with Gasteiger partial charge in [-0.15, -0.1) is 0 Å². The Balaban J connectivity index is 2.29. The number of halogens is 1. The van der Waals surface area contributed by atoms with Crippen LogP contribution in [-0.2, 0) is 0 Å². The Morgan fingerprint density at radius 1 is 1.39 bits per heavy atom. The second kappa shape index (κ2) is 5.87. The van der Waals surface area contributed by atoms with Crippen molar-refractivity contribution in [2.75, 3.05) is 13.2 Å². The predicted molar refractivity (Wildman–Crippen MR) is 68.9 cm³/mol. The topological polar surface area (TPSA) is 59.3 Å². The van der Waals surface area contributed by atoms with Crippen LogP contribution < -0.4 is 9.47 Å². The first-order valence-electron chi connectivity index (χ1n) is 5.71. The largest absolute Gasteiger partial charge is 0.489 e. The molecule has 1 aliphatic rings. The Bertz CT molecular complexity index is 508. The van der Waals surface area contributed by atoms with Gasteiger partial charge in [0.1, 0.15) is 0 Å². The average molecular weight is 310 g/mol. The fraction of sp³-hybridized carbons (Fsp3) is 0.385. The molecule has 1 aliphatic heterocycles. The summed E-state index contributed by atoms with van der Waals surface area (Å²) in [5.41, 5.74) is 0.543. The number of nitrogens with zero attached hydrogens (tertiary/aromatic N) is 1. The van der Waals surface area contributed by atoms with Gasteiger partial charge >= 0.3 is 0 Å². The normalized spacial score (nSPS) is 13.6. The summed E-state index contributed by atoms with van der Waals surface area (Å²) in [6.45, 7) is 1.18. The zero-order valence-electron chi connectivity index (χ0n) is 9.74. The van der Waals surface area contributed by atoms with Crippen molar-refractivity contribution >= 4 is 21.7 Å². The Morgan fingerprint density at radius 3 is 2.94 bits per heavy atom. The summed E-state index contributed by atoms with van der Waals surface area (Å²) in [7, 11) is 0. The van der Waals surface area contributed by atoms with E-state index in [2.05, 4.69) is 15.9 Å². The SMILES string of the molecule is N#CCCC(=O)c1cc(Br)c2c(c1)OCCCO2. The number of benzene rings is 1. The molecule has 0 aliphatic carbocycles. The molecule has 0 bridgehead atoms. The summed E-state index contributed by atoms with van der Waals surface area (Å²) >= 11 is 3.38. The fourth-order valence-corrected chi connectivity index (χ4v) is 2.26. The monoisotopic (exact) mass is 309 g/mol. The molecular weight excluding hydrogens is 298 g/mol. The maximum Gasteiger partial charge on any atom is 0.175 e. The van der Waals surface area contributed by atoms with E-state index in [0.717, 1.165) is 6.42 Å². The standard InChI is InChI=1S/C13H12BrNO3/c14-10-7-9(11(16)3-1-4-15)8-12-13(10)18-6-2-5-17-12/h7-8H,1-3,5-6H2. The van der Waals surface area contributed by atoms with Crippen LogP contribution in [0.3, 0.4) is 0 Å². The molecule has 0 unspecified atom stereocenters. The maximum absolute atomic E-state index is 11.9. The number of Topliss-reactive ketones (excluding diaryl/α,β-unsaturated/α-hetero) is 1. The van der Waals surface area contributed by atoms with Crippen LogP contribution >= 0.6 is 15.9 Å². The molecule has 1 aromatic carbocycles. The molecule has 0 atom stereocenters. The fourth-order valence-electron chi connectivity index (χ4n) is 1.71. The van der Waals surface area contributed by atoms with Gasteiger partial charge in [-0.3, -0.25) is 4.79 Å². The van der Waals surface area contributed by atoms with Gasteiger partial charge < -0.3 is 9.47 Å². The molecule has 2 rings (SSSR count). The van der Waals surface area contributed by atoms with Gasteiger partial charge in [-0.25, -0.2) is 0 Å². The van der Waals surface area contributed by atoms with Crippen LogP contribution in [0.2, 0.25) is 0 Å². The van der Waals surface area contributed by atoms with E-state index < -0.39 is 0 Å². The molecule has 0 N–H and O–H groups in total. The summed E-state index contributed by atoms with van der Waals surface area (Å²) < 4.78 is 11.8. The van der Waals surface area contributed by atoms with Gasteiger partial charge in [-0.1, -0.05) is 0 Å². The lowest BCUT2D eigenvalue weighted by molar-refractivity contribution is 0.0983. The number of carbonyl (C=O) groups is 1. The number of hydrogen-bond donors (Lipinski definition) is 0. The summed E-state index contributed by atoms with van der Waals surface area (Å²) in [5, 5.41) is 8.49. The van der Waals surface area contributed by atoms with Crippen molar-refractivity contribution in [3.05, 3.63) is 22.2 Å². The van der Waals surface area contributed by atoms with E-state index in [-0.39, 0.29) is 18.6 Å². The first-order chi connectivity index (χ1) is 8.72. The minimum atomic E-state index is -0.0621. The molecule has 1 heterocycles. The third-order valence-corrected chi connectivity index (χ3v) is 3.18. The van der Waals surface area contributed by atoms with E-state index in [0.29, 0.717) is 34.7 Å². The first kappa shape index (κ1) is 12.9. The molecule has 18 heavy (non-hydrogen) atoms. The zero-order chi connectivity index (χ0) is 13.0. The molecular formula is C13H12BrNO3. The van der Waals surface area contributed by atoms with Crippen molar-refractivity contribution in [3.63, 3.8) is 0 Å². The number of ether oxygens (including phenoxy) is 2. The predicted octanol–water partition coefficient (Wildman–Crippen LogP) is 3.10. The van der Waals surface area contributed by atoms with E-state index in [9.17, 15) is 4.79 Å². The Morgan fingerprint density at radius 2 is 2.17 bits per heavy atom. The van der Waals surface area contributed by atoms with Gasteiger partial charge in [-0.05, 0) is 28.1 Å². The lowest BCUT2D eigenvalue weighted by atomic mass is 10.1. The maximum atomic E-state index is 11.9. The minimum absolute atomic E-state index is 0.0621. The third-order valence-electron chi connectivity index (χ3n) is 2.59. The zero-order valence-corrected chi connectivity index (χ0v) is 11.3. The van der Waals surface area contributed by atoms with E-state index in [1.807, 2.05) is 6.07 Å². The molecule has 0 fully saturated rings. The summed E-state index contributed by atoms with van der Waals surface area (Å²) in [4.78, 5) is 11.9. The van der Waals surface area contributed by atoms with Gasteiger partial charge in [0, 0.05) is 24.8 Å². The van der Waals surface area contributed by atoms with Crippen molar-refractivity contribution in [1.29, 1.82) is 5.26 Å². The highest BCUT2D eigenvalue weighted by Gasteiger charge is 2.17. The Kier molecular flexibility index (Phi) is 4.21. The third kappa shape index (κ3) is 2.82. The van der Waals surface area contributed by atoms with E-state index in [1.165, 1.54) is 0 Å².